The number of rotatable bonds is 4. The number of fused-ring (bicyclic) bond motifs is 10. The fourth-order valence-electron chi connectivity index (χ4n) is 9.31. The van der Waals surface area contributed by atoms with Crippen LogP contribution in [-0.4, -0.2) is 0 Å². The van der Waals surface area contributed by atoms with Gasteiger partial charge in [-0.2, -0.15) is 0 Å². The van der Waals surface area contributed by atoms with Crippen molar-refractivity contribution in [2.45, 2.75) is 5.41 Å². The molecular weight excluding hydrogens is 637 g/mol. The highest BCUT2D eigenvalue weighted by Crippen LogP contribution is 2.61. The summed E-state index contributed by atoms with van der Waals surface area (Å²) in [4.78, 5) is 0. The zero-order valence-corrected chi connectivity index (χ0v) is 29.1. The van der Waals surface area contributed by atoms with E-state index in [1.54, 1.807) is 0 Å². The van der Waals surface area contributed by atoms with E-state index in [2.05, 4.69) is 206 Å². The van der Waals surface area contributed by atoms with Crippen LogP contribution in [-0.2, 0) is 5.41 Å². The molecule has 0 aromatic heterocycles. The van der Waals surface area contributed by atoms with Crippen LogP contribution in [0.4, 0.5) is 0 Å². The summed E-state index contributed by atoms with van der Waals surface area (Å²) < 4.78 is 0. The third-order valence-corrected chi connectivity index (χ3v) is 11.7. The quantitative estimate of drug-likeness (QED) is 0.164. The Morgan fingerprint density at radius 3 is 1.38 bits per heavy atom. The molecule has 0 saturated carbocycles. The largest absolute Gasteiger partial charge is 0.0720 e. The molecule has 0 amide bonds. The van der Waals surface area contributed by atoms with Gasteiger partial charge in [-0.1, -0.05) is 182 Å². The van der Waals surface area contributed by atoms with Crippen LogP contribution in [0.3, 0.4) is 0 Å². The first-order valence-corrected chi connectivity index (χ1v) is 18.5. The van der Waals surface area contributed by atoms with Gasteiger partial charge < -0.3 is 0 Å². The maximum Gasteiger partial charge on any atom is 0.0720 e. The lowest BCUT2D eigenvalue weighted by Gasteiger charge is -2.35. The van der Waals surface area contributed by atoms with E-state index >= 15 is 0 Å². The molecule has 0 bridgehead atoms. The van der Waals surface area contributed by atoms with Crippen LogP contribution in [0, 0.1) is 0 Å². The second-order valence-corrected chi connectivity index (χ2v) is 14.4. The highest BCUT2D eigenvalue weighted by molar-refractivity contribution is 6.20. The average Bonchev–Trinajstić information content (AvgIpc) is 3.55. The molecule has 0 heterocycles. The number of hydrogen-bond donors (Lipinski definition) is 0. The Morgan fingerprint density at radius 2 is 0.755 bits per heavy atom. The zero-order valence-electron chi connectivity index (χ0n) is 29.1. The summed E-state index contributed by atoms with van der Waals surface area (Å²) in [7, 11) is 0. The standard InChI is InChI=1S/C53H34/c1-3-17-43(18-4-1)53(44-19-5-2-6-20-44)50-34-42(40-26-24-36-14-8-10-16-38(36)32-40)28-30-48(50)51-46-22-12-11-21-45(46)49-33-41(27-29-47(49)52(51)53)39-25-23-35-13-7-9-15-37(35)31-39/h1-34H. The Labute approximate surface area is 309 Å². The van der Waals surface area contributed by atoms with Crippen LogP contribution in [0.25, 0.3) is 76.5 Å². The zero-order chi connectivity index (χ0) is 34.9. The van der Waals surface area contributed by atoms with Gasteiger partial charge in [0.2, 0.25) is 0 Å². The summed E-state index contributed by atoms with van der Waals surface area (Å²) in [5, 5.41) is 10.2. The first-order chi connectivity index (χ1) is 26.3. The first kappa shape index (κ1) is 29.9. The lowest BCUT2D eigenvalue weighted by atomic mass is 9.66. The summed E-state index contributed by atoms with van der Waals surface area (Å²) >= 11 is 0. The molecule has 0 spiro atoms. The molecule has 10 aromatic rings. The molecule has 0 heteroatoms. The third-order valence-electron chi connectivity index (χ3n) is 11.7. The predicted octanol–water partition coefficient (Wildman–Crippen LogP) is 14.0. The minimum absolute atomic E-state index is 0.549. The van der Waals surface area contributed by atoms with Gasteiger partial charge in [-0.05, 0) is 123 Å². The van der Waals surface area contributed by atoms with Crippen molar-refractivity contribution in [1.29, 1.82) is 0 Å². The SMILES string of the molecule is c1ccc(C2(c3ccccc3)c3cc(-c4ccc5ccccc5c4)ccc3-c3c2c2ccc(-c4ccc5ccccc5c4)cc2c2ccccc32)cc1. The van der Waals surface area contributed by atoms with Crippen molar-refractivity contribution in [3.8, 4) is 33.4 Å². The van der Waals surface area contributed by atoms with Crippen molar-refractivity contribution < 1.29 is 0 Å². The third kappa shape index (κ3) is 4.43. The molecule has 0 unspecified atom stereocenters. The van der Waals surface area contributed by atoms with Gasteiger partial charge in [0.05, 0.1) is 5.41 Å². The van der Waals surface area contributed by atoms with Crippen molar-refractivity contribution in [3.63, 3.8) is 0 Å². The molecule has 53 heavy (non-hydrogen) atoms. The van der Waals surface area contributed by atoms with Gasteiger partial charge in [0.15, 0.2) is 0 Å². The van der Waals surface area contributed by atoms with Crippen LogP contribution in [0.5, 0.6) is 0 Å². The molecule has 0 radical (unpaired) electrons. The van der Waals surface area contributed by atoms with E-state index in [-0.39, 0.29) is 0 Å². The van der Waals surface area contributed by atoms with E-state index in [1.807, 2.05) is 0 Å². The second-order valence-electron chi connectivity index (χ2n) is 14.4. The Balaban J connectivity index is 1.26. The van der Waals surface area contributed by atoms with Crippen molar-refractivity contribution in [3.05, 3.63) is 229 Å². The first-order valence-electron chi connectivity index (χ1n) is 18.5. The fourth-order valence-corrected chi connectivity index (χ4v) is 9.31. The van der Waals surface area contributed by atoms with Crippen LogP contribution < -0.4 is 0 Å². The molecule has 0 nitrogen and oxygen atoms in total. The van der Waals surface area contributed by atoms with Crippen molar-refractivity contribution >= 4 is 43.1 Å². The minimum Gasteiger partial charge on any atom is -0.0622 e. The fraction of sp³-hybridized carbons (Fsp3) is 0.0189. The second kappa shape index (κ2) is 11.6. The molecule has 11 rings (SSSR count). The topological polar surface area (TPSA) is 0 Å². The normalized spacial score (nSPS) is 13.1. The predicted molar refractivity (Wildman–Crippen MR) is 225 cm³/mol. The molecule has 0 N–H and O–H groups in total. The van der Waals surface area contributed by atoms with E-state index in [9.17, 15) is 0 Å². The van der Waals surface area contributed by atoms with Gasteiger partial charge in [-0.25, -0.2) is 0 Å². The van der Waals surface area contributed by atoms with Crippen LogP contribution in [0.1, 0.15) is 22.3 Å². The Bertz CT molecular complexity index is 3000. The number of hydrogen-bond acceptors (Lipinski definition) is 0. The van der Waals surface area contributed by atoms with Crippen LogP contribution in [0.2, 0.25) is 0 Å². The maximum absolute atomic E-state index is 2.49. The lowest BCUT2D eigenvalue weighted by Crippen LogP contribution is -2.29. The Morgan fingerprint density at radius 1 is 0.283 bits per heavy atom. The molecule has 1 aliphatic rings. The van der Waals surface area contributed by atoms with Crippen LogP contribution >= 0.6 is 0 Å². The van der Waals surface area contributed by atoms with Gasteiger partial charge in [0, 0.05) is 0 Å². The van der Waals surface area contributed by atoms with E-state index in [4.69, 9.17) is 0 Å². The number of benzene rings is 10. The van der Waals surface area contributed by atoms with E-state index in [0.29, 0.717) is 0 Å². The Kier molecular flexibility index (Phi) is 6.57. The highest BCUT2D eigenvalue weighted by atomic mass is 14.5. The van der Waals surface area contributed by atoms with Gasteiger partial charge in [-0.15, -0.1) is 0 Å². The van der Waals surface area contributed by atoms with Gasteiger partial charge >= 0.3 is 0 Å². The van der Waals surface area contributed by atoms with Crippen molar-refractivity contribution in [1.82, 2.24) is 0 Å². The van der Waals surface area contributed by atoms with Gasteiger partial charge in [0.25, 0.3) is 0 Å². The molecule has 0 fully saturated rings. The summed E-state index contributed by atoms with van der Waals surface area (Å²) in [6.45, 7) is 0. The summed E-state index contributed by atoms with van der Waals surface area (Å²) in [6, 6.07) is 76.8. The maximum atomic E-state index is 2.49. The average molecular weight is 671 g/mol. The molecule has 10 aromatic carbocycles. The molecule has 1 aliphatic carbocycles. The minimum atomic E-state index is -0.549. The van der Waals surface area contributed by atoms with Gasteiger partial charge in [-0.3, -0.25) is 0 Å². The molecule has 0 saturated heterocycles. The lowest BCUT2D eigenvalue weighted by molar-refractivity contribution is 0.776. The summed E-state index contributed by atoms with van der Waals surface area (Å²) in [5.74, 6) is 0. The monoisotopic (exact) mass is 670 g/mol. The van der Waals surface area contributed by atoms with Crippen molar-refractivity contribution in [2.24, 2.45) is 0 Å². The van der Waals surface area contributed by atoms with Crippen molar-refractivity contribution in [2.75, 3.05) is 0 Å². The van der Waals surface area contributed by atoms with E-state index in [0.717, 1.165) is 0 Å². The highest BCUT2D eigenvalue weighted by Gasteiger charge is 2.48. The molecule has 0 atom stereocenters. The summed E-state index contributed by atoms with van der Waals surface area (Å²) in [6.07, 6.45) is 0. The van der Waals surface area contributed by atoms with E-state index < -0.39 is 5.41 Å². The summed E-state index contributed by atoms with van der Waals surface area (Å²) in [5.41, 5.74) is 12.2. The molecule has 0 aliphatic heterocycles. The van der Waals surface area contributed by atoms with Gasteiger partial charge in [0.1, 0.15) is 0 Å². The van der Waals surface area contributed by atoms with E-state index in [1.165, 1.54) is 98.7 Å². The Hall–Kier alpha value is -6.76. The van der Waals surface area contributed by atoms with Crippen LogP contribution in [0.15, 0.2) is 206 Å². The molecule has 246 valence electrons. The smallest absolute Gasteiger partial charge is 0.0622 e. The molecular formula is C53H34.